The fraction of sp³-hybridized carbons (Fsp3) is 0.348. The van der Waals surface area contributed by atoms with Crippen LogP contribution in [0.15, 0.2) is 58.1 Å². The molecule has 1 aliphatic rings. The standard InChI is InChI=1S/C23H24FN3O3.ClH/c24-18-9-7-17(8-10-18)21(28)16-4-3-12-26(13-11-16)14-15-27-22(29)19-5-1-2-6-20(19)25-23(27)30;/h1-2,5-10,16H,3-4,11-15H2,(H,25,30);1H. The largest absolute Gasteiger partial charge is 0.328 e. The molecule has 1 aliphatic heterocycles. The highest BCUT2D eigenvalue weighted by atomic mass is 35.5. The fourth-order valence-corrected chi connectivity index (χ4v) is 4.13. The molecule has 0 spiro atoms. The number of nitrogens with zero attached hydrogens (tertiary/aromatic N) is 2. The summed E-state index contributed by atoms with van der Waals surface area (Å²) >= 11 is 0. The highest BCUT2D eigenvalue weighted by Gasteiger charge is 2.24. The molecule has 1 atom stereocenters. The van der Waals surface area contributed by atoms with Crippen LogP contribution in [0.2, 0.25) is 0 Å². The lowest BCUT2D eigenvalue weighted by atomic mass is 9.91. The number of carbonyl (C=O) groups excluding carboxylic acids is 1. The number of rotatable bonds is 5. The minimum Gasteiger partial charge on any atom is -0.307 e. The van der Waals surface area contributed by atoms with Gasteiger partial charge in [0.25, 0.3) is 5.56 Å². The van der Waals surface area contributed by atoms with Crippen molar-refractivity contribution in [1.82, 2.24) is 14.5 Å². The molecule has 1 unspecified atom stereocenters. The summed E-state index contributed by atoms with van der Waals surface area (Å²) in [6.45, 7) is 2.40. The van der Waals surface area contributed by atoms with E-state index < -0.39 is 5.69 Å². The summed E-state index contributed by atoms with van der Waals surface area (Å²) in [5.74, 6) is -0.385. The Kier molecular flexibility index (Phi) is 7.41. The van der Waals surface area contributed by atoms with Crippen LogP contribution in [0.5, 0.6) is 0 Å². The number of ketones is 1. The molecule has 1 fully saturated rings. The third-order valence-electron chi connectivity index (χ3n) is 5.85. The molecule has 0 radical (unpaired) electrons. The summed E-state index contributed by atoms with van der Waals surface area (Å²) in [6.07, 6.45) is 2.35. The number of Topliss-reactive ketones (excluding diaryl/α,β-unsaturated/α-hetero) is 1. The molecule has 4 rings (SSSR count). The molecule has 0 aliphatic carbocycles. The van der Waals surface area contributed by atoms with Crippen molar-refractivity contribution in [2.75, 3.05) is 19.6 Å². The van der Waals surface area contributed by atoms with Crippen LogP contribution in [0.1, 0.15) is 29.6 Å². The second-order valence-electron chi connectivity index (χ2n) is 7.77. The fourth-order valence-electron chi connectivity index (χ4n) is 4.13. The van der Waals surface area contributed by atoms with E-state index >= 15 is 0 Å². The zero-order valence-corrected chi connectivity index (χ0v) is 17.9. The summed E-state index contributed by atoms with van der Waals surface area (Å²) in [6, 6.07) is 12.7. The van der Waals surface area contributed by atoms with Crippen LogP contribution >= 0.6 is 12.4 Å². The first kappa shape index (κ1) is 22.9. The Morgan fingerprint density at radius 1 is 1.00 bits per heavy atom. The summed E-state index contributed by atoms with van der Waals surface area (Å²) in [5, 5.41) is 0.498. The highest BCUT2D eigenvalue weighted by molar-refractivity contribution is 5.97. The van der Waals surface area contributed by atoms with E-state index in [1.54, 1.807) is 36.4 Å². The Balaban J connectivity index is 0.00000272. The summed E-state index contributed by atoms with van der Waals surface area (Å²) in [5.41, 5.74) is 0.399. The predicted octanol–water partition coefficient (Wildman–Crippen LogP) is 3.24. The minimum absolute atomic E-state index is 0. The number of hydrogen-bond donors (Lipinski definition) is 1. The molecule has 2 heterocycles. The number of hydrogen-bond acceptors (Lipinski definition) is 4. The van der Waals surface area contributed by atoms with Crippen molar-refractivity contribution in [3.63, 3.8) is 0 Å². The first-order chi connectivity index (χ1) is 14.5. The number of aromatic nitrogens is 2. The first-order valence-electron chi connectivity index (χ1n) is 10.3. The molecule has 0 bridgehead atoms. The molecule has 6 nitrogen and oxygen atoms in total. The van der Waals surface area contributed by atoms with Gasteiger partial charge in [0.15, 0.2) is 5.78 Å². The van der Waals surface area contributed by atoms with Gasteiger partial charge >= 0.3 is 5.69 Å². The third kappa shape index (κ3) is 5.11. The lowest BCUT2D eigenvalue weighted by Gasteiger charge is -2.20. The van der Waals surface area contributed by atoms with Gasteiger partial charge in [0.05, 0.1) is 10.9 Å². The van der Waals surface area contributed by atoms with E-state index in [-0.39, 0.29) is 35.5 Å². The van der Waals surface area contributed by atoms with Crippen molar-refractivity contribution in [1.29, 1.82) is 0 Å². The van der Waals surface area contributed by atoms with Gasteiger partial charge in [-0.2, -0.15) is 0 Å². The Morgan fingerprint density at radius 3 is 2.52 bits per heavy atom. The van der Waals surface area contributed by atoms with Gasteiger partial charge in [0.2, 0.25) is 0 Å². The van der Waals surface area contributed by atoms with E-state index in [9.17, 15) is 18.8 Å². The number of likely N-dealkylation sites (tertiary alicyclic amines) is 1. The van der Waals surface area contributed by atoms with Gasteiger partial charge in [-0.05, 0) is 68.8 Å². The number of halogens is 2. The molecule has 0 amide bonds. The number of nitrogens with one attached hydrogen (secondary N) is 1. The van der Waals surface area contributed by atoms with Crippen LogP contribution in [-0.2, 0) is 6.54 Å². The van der Waals surface area contributed by atoms with Gasteiger partial charge in [-0.1, -0.05) is 12.1 Å². The van der Waals surface area contributed by atoms with E-state index in [1.807, 2.05) is 0 Å². The van der Waals surface area contributed by atoms with Gasteiger partial charge < -0.3 is 9.88 Å². The van der Waals surface area contributed by atoms with Gasteiger partial charge in [0.1, 0.15) is 5.82 Å². The van der Waals surface area contributed by atoms with E-state index in [0.717, 1.165) is 25.9 Å². The minimum atomic E-state index is -0.405. The lowest BCUT2D eigenvalue weighted by Crippen LogP contribution is -2.39. The second kappa shape index (κ2) is 10.0. The van der Waals surface area contributed by atoms with Crippen LogP contribution < -0.4 is 11.2 Å². The number of benzene rings is 2. The molecule has 2 aromatic carbocycles. The van der Waals surface area contributed by atoms with Crippen LogP contribution in [-0.4, -0.2) is 39.9 Å². The number of aromatic amines is 1. The quantitative estimate of drug-likeness (QED) is 0.612. The number of carbonyl (C=O) groups is 1. The zero-order valence-electron chi connectivity index (χ0n) is 17.1. The molecule has 8 heteroatoms. The molecule has 31 heavy (non-hydrogen) atoms. The van der Waals surface area contributed by atoms with Crippen LogP contribution in [0.25, 0.3) is 10.9 Å². The van der Waals surface area contributed by atoms with Crippen molar-refractivity contribution in [3.8, 4) is 0 Å². The average molecular weight is 446 g/mol. The van der Waals surface area contributed by atoms with Gasteiger partial charge in [0, 0.05) is 24.6 Å². The molecular weight excluding hydrogens is 421 g/mol. The maximum atomic E-state index is 13.1. The van der Waals surface area contributed by atoms with Gasteiger partial charge in [-0.3, -0.25) is 14.2 Å². The monoisotopic (exact) mass is 445 g/mol. The Morgan fingerprint density at radius 2 is 1.74 bits per heavy atom. The van der Waals surface area contributed by atoms with Crippen LogP contribution in [0, 0.1) is 11.7 Å². The van der Waals surface area contributed by atoms with E-state index in [1.165, 1.54) is 16.7 Å². The summed E-state index contributed by atoms with van der Waals surface area (Å²) in [4.78, 5) is 42.7. The zero-order chi connectivity index (χ0) is 21.1. The molecule has 1 saturated heterocycles. The van der Waals surface area contributed by atoms with Crippen molar-refractivity contribution >= 4 is 29.1 Å². The summed E-state index contributed by atoms with van der Waals surface area (Å²) < 4.78 is 14.4. The topological polar surface area (TPSA) is 75.2 Å². The number of H-pyrrole nitrogens is 1. The lowest BCUT2D eigenvalue weighted by molar-refractivity contribution is 0.0907. The van der Waals surface area contributed by atoms with Crippen molar-refractivity contribution in [2.45, 2.75) is 25.8 Å². The number of para-hydroxylation sites is 1. The van der Waals surface area contributed by atoms with Gasteiger partial charge in [-0.15, -0.1) is 12.4 Å². The van der Waals surface area contributed by atoms with Gasteiger partial charge in [-0.25, -0.2) is 9.18 Å². The Bertz CT molecular complexity index is 1170. The number of fused-ring (bicyclic) bond motifs is 1. The molecular formula is C23H25ClFN3O3. The SMILES string of the molecule is Cl.O=C(c1ccc(F)cc1)C1CCCN(CCn2c(=O)[nH]c3ccccc3c2=O)CC1. The van der Waals surface area contributed by atoms with Crippen molar-refractivity contribution in [3.05, 3.63) is 80.7 Å². The van der Waals surface area contributed by atoms with Crippen LogP contribution in [0.3, 0.4) is 0 Å². The maximum Gasteiger partial charge on any atom is 0.328 e. The smallest absolute Gasteiger partial charge is 0.307 e. The predicted molar refractivity (Wildman–Crippen MR) is 121 cm³/mol. The summed E-state index contributed by atoms with van der Waals surface area (Å²) in [7, 11) is 0. The second-order valence-corrected chi connectivity index (χ2v) is 7.77. The van der Waals surface area contributed by atoms with Crippen molar-refractivity contribution in [2.24, 2.45) is 5.92 Å². The van der Waals surface area contributed by atoms with Crippen molar-refractivity contribution < 1.29 is 9.18 Å². The normalized spacial score (nSPS) is 17.1. The molecule has 3 aromatic rings. The average Bonchev–Trinajstić information content (AvgIpc) is 2.99. The maximum absolute atomic E-state index is 13.1. The Labute approximate surface area is 185 Å². The molecule has 164 valence electrons. The van der Waals surface area contributed by atoms with E-state index in [2.05, 4.69) is 9.88 Å². The van der Waals surface area contributed by atoms with E-state index in [0.29, 0.717) is 36.0 Å². The molecule has 0 saturated carbocycles. The van der Waals surface area contributed by atoms with Crippen LogP contribution in [0.4, 0.5) is 4.39 Å². The molecule has 1 aromatic heterocycles. The highest BCUT2D eigenvalue weighted by Crippen LogP contribution is 2.22. The molecule has 1 N–H and O–H groups in total. The Hall–Kier alpha value is -2.77. The van der Waals surface area contributed by atoms with E-state index in [4.69, 9.17) is 0 Å². The first-order valence-corrected chi connectivity index (χ1v) is 10.3. The third-order valence-corrected chi connectivity index (χ3v) is 5.85.